The van der Waals surface area contributed by atoms with Gasteiger partial charge < -0.3 is 5.11 Å². The minimum Gasteiger partial charge on any atom is -0.481 e. The van der Waals surface area contributed by atoms with Crippen molar-refractivity contribution in [2.45, 2.75) is 226 Å². The van der Waals surface area contributed by atoms with E-state index in [1.807, 2.05) is 0 Å². The fourth-order valence-electron chi connectivity index (χ4n) is 5.27. The van der Waals surface area contributed by atoms with E-state index < -0.39 is 5.97 Å². The van der Waals surface area contributed by atoms with E-state index in [2.05, 4.69) is 20.8 Å². The predicted molar refractivity (Wildman–Crippen MR) is 172 cm³/mol. The van der Waals surface area contributed by atoms with Crippen molar-refractivity contribution >= 4 is 5.97 Å². The Morgan fingerprint density at radius 2 is 0.487 bits per heavy atom. The molecule has 0 saturated heterocycles. The number of carboxylic acid groups (broad SMARTS) is 1. The number of hydrogen-bond donors (Lipinski definition) is 1. The summed E-state index contributed by atoms with van der Waals surface area (Å²) in [4.78, 5) is 10.3. The van der Waals surface area contributed by atoms with Crippen LogP contribution in [0.5, 0.6) is 0 Å². The quantitative estimate of drug-likeness (QED) is 0.0632. The summed E-state index contributed by atoms with van der Waals surface area (Å²) in [5, 5.41) is 8.52. The molecule has 0 aromatic carbocycles. The molecule has 0 bridgehead atoms. The normalized spacial score (nSPS) is 10.6. The van der Waals surface area contributed by atoms with Gasteiger partial charge in [-0.05, 0) is 6.42 Å². The largest absolute Gasteiger partial charge is 0.481 e. The Balaban J connectivity index is -0.000000651. The number of carbonyl (C=O) groups is 1. The van der Waals surface area contributed by atoms with Gasteiger partial charge in [0.2, 0.25) is 0 Å². The molecule has 0 aromatic rings. The van der Waals surface area contributed by atoms with E-state index in [0.717, 1.165) is 12.8 Å². The Bertz CT molecular complexity index is 397. The molecule has 0 radical (unpaired) electrons. The van der Waals surface area contributed by atoms with E-state index in [-0.39, 0.29) is 19.5 Å². The molecule has 0 aliphatic rings. The molecule has 1 N–H and O–H groups in total. The van der Waals surface area contributed by atoms with Crippen LogP contribution in [0.4, 0.5) is 0 Å². The first-order valence-electron chi connectivity index (χ1n) is 17.9. The molecule has 39 heavy (non-hydrogen) atoms. The summed E-state index contributed by atoms with van der Waals surface area (Å²) in [7, 11) is 0. The van der Waals surface area contributed by atoms with Crippen LogP contribution in [-0.2, 0) is 24.3 Å². The van der Waals surface area contributed by atoms with Crippen molar-refractivity contribution in [3.8, 4) is 0 Å². The summed E-state index contributed by atoms with van der Waals surface area (Å²) in [6, 6.07) is 0. The summed E-state index contributed by atoms with van der Waals surface area (Å²) < 4.78 is 0. The maximum atomic E-state index is 10.3. The standard InChI is InChI=1S/C18H36O2.C18H38.Zn/c1-2-3-4-5-6-7-8-9-10-11-12-13-14-15-16-17-18(19)20;1-3-5-7-9-11-13-15-17-18-16-14-12-10-8-6-4-2;/h2-17H2,1H3,(H,19,20);3-18H2,1-2H3;. The van der Waals surface area contributed by atoms with Gasteiger partial charge in [-0.2, -0.15) is 0 Å². The second-order valence-electron chi connectivity index (χ2n) is 12.0. The van der Waals surface area contributed by atoms with Crippen LogP contribution in [-0.4, -0.2) is 11.1 Å². The first-order valence-corrected chi connectivity index (χ1v) is 17.9. The molecule has 0 atom stereocenters. The van der Waals surface area contributed by atoms with E-state index >= 15 is 0 Å². The zero-order chi connectivity index (χ0) is 28.2. The summed E-state index contributed by atoms with van der Waals surface area (Å²) >= 11 is 0. The average Bonchev–Trinajstić information content (AvgIpc) is 2.91. The number of hydrogen-bond acceptors (Lipinski definition) is 1. The van der Waals surface area contributed by atoms with Gasteiger partial charge in [0, 0.05) is 25.9 Å². The summed E-state index contributed by atoms with van der Waals surface area (Å²) in [5.41, 5.74) is 0. The van der Waals surface area contributed by atoms with Gasteiger partial charge in [-0.25, -0.2) is 0 Å². The number of aliphatic carboxylic acids is 1. The first kappa shape index (κ1) is 43.5. The van der Waals surface area contributed by atoms with E-state index in [0.29, 0.717) is 6.42 Å². The van der Waals surface area contributed by atoms with E-state index in [1.165, 1.54) is 186 Å². The van der Waals surface area contributed by atoms with Crippen LogP contribution in [0.25, 0.3) is 0 Å². The van der Waals surface area contributed by atoms with Crippen LogP contribution in [0, 0.1) is 0 Å². The van der Waals surface area contributed by atoms with Crippen molar-refractivity contribution in [1.29, 1.82) is 0 Å². The number of unbranched alkanes of at least 4 members (excludes halogenated alkanes) is 29. The Labute approximate surface area is 260 Å². The van der Waals surface area contributed by atoms with Gasteiger partial charge in [-0.15, -0.1) is 0 Å². The van der Waals surface area contributed by atoms with Crippen LogP contribution in [0.2, 0.25) is 0 Å². The molecule has 0 unspecified atom stereocenters. The van der Waals surface area contributed by atoms with Crippen molar-refractivity contribution in [3.05, 3.63) is 0 Å². The first-order chi connectivity index (χ1) is 18.7. The van der Waals surface area contributed by atoms with E-state index in [4.69, 9.17) is 5.11 Å². The summed E-state index contributed by atoms with van der Waals surface area (Å²) in [5.74, 6) is -0.653. The molecule has 0 amide bonds. The van der Waals surface area contributed by atoms with Gasteiger partial charge in [0.1, 0.15) is 0 Å². The predicted octanol–water partition coefficient (Wildman–Crippen LogP) is 13.6. The monoisotopic (exact) mass is 602 g/mol. The average molecular weight is 604 g/mol. The Kier molecular flexibility index (Phi) is 47.5. The van der Waals surface area contributed by atoms with Gasteiger partial charge >= 0.3 is 5.97 Å². The molecule has 3 heteroatoms. The molecular formula is C36H74O2Zn. The third-order valence-electron chi connectivity index (χ3n) is 7.95. The molecule has 232 valence electrons. The SMILES string of the molecule is CCCCCCCCCCCCCCCCCC.CCCCCCCCCCCCCCCCCC(=O)O.[Zn]. The van der Waals surface area contributed by atoms with Crippen LogP contribution >= 0.6 is 0 Å². The van der Waals surface area contributed by atoms with Gasteiger partial charge in [-0.1, -0.05) is 213 Å². The molecule has 0 spiro atoms. The molecule has 0 saturated carbocycles. The van der Waals surface area contributed by atoms with Crippen molar-refractivity contribution in [2.75, 3.05) is 0 Å². The summed E-state index contributed by atoms with van der Waals surface area (Å²) in [6.45, 7) is 6.86. The van der Waals surface area contributed by atoms with Gasteiger partial charge in [-0.3, -0.25) is 4.79 Å². The minimum absolute atomic E-state index is 0. The molecule has 2 nitrogen and oxygen atoms in total. The van der Waals surface area contributed by atoms with Gasteiger partial charge in [0.05, 0.1) is 0 Å². The van der Waals surface area contributed by atoms with Crippen molar-refractivity contribution in [3.63, 3.8) is 0 Å². The minimum atomic E-state index is -0.653. The van der Waals surface area contributed by atoms with Crippen molar-refractivity contribution in [1.82, 2.24) is 0 Å². The molecule has 0 heterocycles. The number of carboxylic acids is 1. The molecule has 0 fully saturated rings. The number of rotatable bonds is 31. The fraction of sp³-hybridized carbons (Fsp3) is 0.972. The molecule has 0 aliphatic carbocycles. The van der Waals surface area contributed by atoms with Crippen LogP contribution in [0.1, 0.15) is 226 Å². The van der Waals surface area contributed by atoms with Gasteiger partial charge in [0.25, 0.3) is 0 Å². The fourth-order valence-corrected chi connectivity index (χ4v) is 5.27. The Hall–Kier alpha value is 0.0934. The second kappa shape index (κ2) is 42.6. The van der Waals surface area contributed by atoms with Crippen molar-refractivity contribution < 1.29 is 29.4 Å². The Morgan fingerprint density at radius 3 is 0.641 bits per heavy atom. The smallest absolute Gasteiger partial charge is 0.303 e. The zero-order valence-electron chi connectivity index (χ0n) is 27.7. The van der Waals surface area contributed by atoms with Crippen LogP contribution in [0.15, 0.2) is 0 Å². The molecule has 0 aliphatic heterocycles. The maximum Gasteiger partial charge on any atom is 0.303 e. The van der Waals surface area contributed by atoms with E-state index in [1.54, 1.807) is 0 Å². The molecular weight excluding hydrogens is 530 g/mol. The molecule has 0 aromatic heterocycles. The topological polar surface area (TPSA) is 37.3 Å². The van der Waals surface area contributed by atoms with Gasteiger partial charge in [0.15, 0.2) is 0 Å². The zero-order valence-corrected chi connectivity index (χ0v) is 30.7. The molecule has 0 rings (SSSR count). The summed E-state index contributed by atoms with van der Waals surface area (Å²) in [6.07, 6.45) is 43.6. The van der Waals surface area contributed by atoms with Crippen LogP contribution in [0.3, 0.4) is 0 Å². The third kappa shape index (κ3) is 48.2. The van der Waals surface area contributed by atoms with E-state index in [9.17, 15) is 4.79 Å². The Morgan fingerprint density at radius 1 is 0.333 bits per heavy atom. The van der Waals surface area contributed by atoms with Crippen molar-refractivity contribution in [2.24, 2.45) is 0 Å². The van der Waals surface area contributed by atoms with Crippen LogP contribution < -0.4 is 0 Å². The third-order valence-corrected chi connectivity index (χ3v) is 7.95. The second-order valence-corrected chi connectivity index (χ2v) is 12.0. The maximum absolute atomic E-state index is 10.3.